The first-order chi connectivity index (χ1) is 6.75. The third-order valence-electron chi connectivity index (χ3n) is 2.97. The minimum atomic E-state index is 0.389. The van der Waals surface area contributed by atoms with E-state index in [4.69, 9.17) is 0 Å². The van der Waals surface area contributed by atoms with Crippen LogP contribution >= 0.6 is 0 Å². The molecule has 0 bridgehead atoms. The summed E-state index contributed by atoms with van der Waals surface area (Å²) in [5.74, 6) is 0. The molecule has 1 saturated carbocycles. The minimum absolute atomic E-state index is 0.389. The number of hydrogen-bond acceptors (Lipinski definition) is 2. The smallest absolute Gasteiger partial charge is 0.0573 e. The molecule has 0 saturated heterocycles. The van der Waals surface area contributed by atoms with Gasteiger partial charge in [0.05, 0.1) is 5.69 Å². The van der Waals surface area contributed by atoms with Crippen molar-refractivity contribution in [3.05, 3.63) is 29.6 Å². The van der Waals surface area contributed by atoms with Gasteiger partial charge < -0.3 is 5.32 Å². The fraction of sp³-hybridized carbons (Fsp3) is 0.583. The predicted octanol–water partition coefficient (Wildman–Crippen LogP) is 2.59. The van der Waals surface area contributed by atoms with Gasteiger partial charge in [-0.2, -0.15) is 0 Å². The van der Waals surface area contributed by atoms with E-state index in [2.05, 4.69) is 30.2 Å². The highest BCUT2D eigenvalue weighted by atomic mass is 15.0. The van der Waals surface area contributed by atoms with Gasteiger partial charge in [-0.3, -0.25) is 4.98 Å². The second kappa shape index (κ2) is 4.09. The maximum Gasteiger partial charge on any atom is 0.0573 e. The highest BCUT2D eigenvalue weighted by Gasteiger charge is 2.19. The summed E-state index contributed by atoms with van der Waals surface area (Å²) in [6.07, 6.45) is 5.93. The topological polar surface area (TPSA) is 24.9 Å². The Hall–Kier alpha value is -0.890. The number of aryl methyl sites for hydroxylation is 1. The van der Waals surface area contributed by atoms with Crippen LogP contribution in [-0.2, 0) is 0 Å². The Balaban J connectivity index is 1.98. The molecule has 2 rings (SSSR count). The van der Waals surface area contributed by atoms with Gasteiger partial charge in [0.25, 0.3) is 0 Å². The van der Waals surface area contributed by atoms with E-state index in [0.717, 1.165) is 11.7 Å². The van der Waals surface area contributed by atoms with Crippen LogP contribution in [0, 0.1) is 6.92 Å². The van der Waals surface area contributed by atoms with Gasteiger partial charge in [0.2, 0.25) is 0 Å². The van der Waals surface area contributed by atoms with Gasteiger partial charge in [-0.15, -0.1) is 0 Å². The van der Waals surface area contributed by atoms with Crippen molar-refractivity contribution in [1.82, 2.24) is 10.3 Å². The lowest BCUT2D eigenvalue weighted by Crippen LogP contribution is -2.37. The Morgan fingerprint density at radius 3 is 2.86 bits per heavy atom. The van der Waals surface area contributed by atoms with E-state index in [1.165, 1.54) is 24.8 Å². The Bertz CT molecular complexity index is 305. The van der Waals surface area contributed by atoms with Crippen LogP contribution in [0.1, 0.15) is 43.5 Å². The molecule has 0 radical (unpaired) electrons. The molecule has 0 spiro atoms. The Morgan fingerprint density at radius 2 is 2.29 bits per heavy atom. The predicted molar refractivity (Wildman–Crippen MR) is 58.2 cm³/mol. The molecule has 76 valence electrons. The summed E-state index contributed by atoms with van der Waals surface area (Å²) in [4.78, 5) is 4.39. The van der Waals surface area contributed by atoms with E-state index >= 15 is 0 Å². The second-order valence-electron chi connectivity index (χ2n) is 4.27. The molecule has 1 aromatic rings. The molecule has 1 fully saturated rings. The summed E-state index contributed by atoms with van der Waals surface area (Å²) in [7, 11) is 0. The van der Waals surface area contributed by atoms with E-state index in [9.17, 15) is 0 Å². The van der Waals surface area contributed by atoms with Crippen LogP contribution < -0.4 is 5.32 Å². The van der Waals surface area contributed by atoms with Crippen LogP contribution in [0.3, 0.4) is 0 Å². The van der Waals surface area contributed by atoms with Crippen LogP contribution in [0.5, 0.6) is 0 Å². The maximum absolute atomic E-state index is 4.39. The lowest BCUT2D eigenvalue weighted by molar-refractivity contribution is 0.311. The fourth-order valence-electron chi connectivity index (χ4n) is 1.81. The number of pyridine rings is 1. The lowest BCUT2D eigenvalue weighted by Gasteiger charge is -2.29. The minimum Gasteiger partial charge on any atom is -0.306 e. The van der Waals surface area contributed by atoms with Crippen LogP contribution in [-0.4, -0.2) is 11.0 Å². The molecule has 1 heterocycles. The van der Waals surface area contributed by atoms with Gasteiger partial charge in [0, 0.05) is 18.3 Å². The average molecular weight is 190 g/mol. The van der Waals surface area contributed by atoms with Crippen molar-refractivity contribution in [1.29, 1.82) is 0 Å². The number of rotatable bonds is 3. The van der Waals surface area contributed by atoms with Crippen LogP contribution in [0.2, 0.25) is 0 Å². The van der Waals surface area contributed by atoms with E-state index in [0.29, 0.717) is 6.04 Å². The summed E-state index contributed by atoms with van der Waals surface area (Å²) >= 11 is 0. The molecule has 1 N–H and O–H groups in total. The summed E-state index contributed by atoms with van der Waals surface area (Å²) in [5, 5.41) is 3.60. The van der Waals surface area contributed by atoms with Gasteiger partial charge in [0.15, 0.2) is 0 Å². The van der Waals surface area contributed by atoms with Crippen molar-refractivity contribution in [3.8, 4) is 0 Å². The molecule has 0 amide bonds. The number of nitrogens with zero attached hydrogens (tertiary/aromatic N) is 1. The molecule has 1 unspecified atom stereocenters. The SMILES string of the molecule is Cc1ccnc(C(C)NC2CCC2)c1. The van der Waals surface area contributed by atoms with Crippen molar-refractivity contribution < 1.29 is 0 Å². The summed E-state index contributed by atoms with van der Waals surface area (Å²) in [6.45, 7) is 4.31. The third-order valence-corrected chi connectivity index (χ3v) is 2.97. The zero-order valence-electron chi connectivity index (χ0n) is 8.96. The summed E-state index contributed by atoms with van der Waals surface area (Å²) in [6, 6.07) is 5.32. The van der Waals surface area contributed by atoms with E-state index in [1.807, 2.05) is 12.3 Å². The Labute approximate surface area is 85.7 Å². The molecule has 1 aliphatic carbocycles. The van der Waals surface area contributed by atoms with E-state index in [1.54, 1.807) is 0 Å². The fourth-order valence-corrected chi connectivity index (χ4v) is 1.81. The monoisotopic (exact) mass is 190 g/mol. The molecule has 1 aromatic heterocycles. The molecule has 14 heavy (non-hydrogen) atoms. The van der Waals surface area contributed by atoms with Gasteiger partial charge in [0.1, 0.15) is 0 Å². The van der Waals surface area contributed by atoms with Gasteiger partial charge in [-0.1, -0.05) is 6.42 Å². The van der Waals surface area contributed by atoms with Crippen LogP contribution in [0.15, 0.2) is 18.3 Å². The molecule has 1 atom stereocenters. The molecular formula is C12H18N2. The third kappa shape index (κ3) is 2.13. The Kier molecular flexibility index (Phi) is 2.82. The van der Waals surface area contributed by atoms with Crippen molar-refractivity contribution >= 4 is 0 Å². The average Bonchev–Trinajstić information content (AvgIpc) is 2.11. The van der Waals surface area contributed by atoms with Crippen LogP contribution in [0.4, 0.5) is 0 Å². The first-order valence-corrected chi connectivity index (χ1v) is 5.44. The first-order valence-electron chi connectivity index (χ1n) is 5.44. The second-order valence-corrected chi connectivity index (χ2v) is 4.27. The molecule has 2 heteroatoms. The number of hydrogen-bond donors (Lipinski definition) is 1. The van der Waals surface area contributed by atoms with Crippen molar-refractivity contribution in [2.24, 2.45) is 0 Å². The molecule has 1 aliphatic rings. The first kappa shape index (κ1) is 9.66. The van der Waals surface area contributed by atoms with Gasteiger partial charge >= 0.3 is 0 Å². The molecule has 0 aliphatic heterocycles. The quantitative estimate of drug-likeness (QED) is 0.792. The zero-order valence-corrected chi connectivity index (χ0v) is 8.96. The maximum atomic E-state index is 4.39. The van der Waals surface area contributed by atoms with E-state index < -0.39 is 0 Å². The van der Waals surface area contributed by atoms with Crippen molar-refractivity contribution in [2.75, 3.05) is 0 Å². The highest BCUT2D eigenvalue weighted by molar-refractivity contribution is 5.16. The summed E-state index contributed by atoms with van der Waals surface area (Å²) in [5.41, 5.74) is 2.45. The van der Waals surface area contributed by atoms with E-state index in [-0.39, 0.29) is 0 Å². The van der Waals surface area contributed by atoms with Gasteiger partial charge in [-0.25, -0.2) is 0 Å². The van der Waals surface area contributed by atoms with Crippen molar-refractivity contribution in [2.45, 2.75) is 45.2 Å². The van der Waals surface area contributed by atoms with Crippen LogP contribution in [0.25, 0.3) is 0 Å². The molecule has 0 aromatic carbocycles. The lowest BCUT2D eigenvalue weighted by atomic mass is 9.92. The molecular weight excluding hydrogens is 172 g/mol. The summed E-state index contributed by atoms with van der Waals surface area (Å²) < 4.78 is 0. The number of nitrogens with one attached hydrogen (secondary N) is 1. The largest absolute Gasteiger partial charge is 0.306 e. The number of aromatic nitrogens is 1. The highest BCUT2D eigenvalue weighted by Crippen LogP contribution is 2.22. The Morgan fingerprint density at radius 1 is 1.50 bits per heavy atom. The standard InChI is InChI=1S/C12H18N2/c1-9-6-7-13-12(8-9)10(2)14-11-4-3-5-11/h6-8,10-11,14H,3-5H2,1-2H3. The molecule has 2 nitrogen and oxygen atoms in total. The normalized spacial score (nSPS) is 19.0. The zero-order chi connectivity index (χ0) is 9.97. The van der Waals surface area contributed by atoms with Gasteiger partial charge in [-0.05, 0) is 44.4 Å². The van der Waals surface area contributed by atoms with Crippen molar-refractivity contribution in [3.63, 3.8) is 0 Å².